The molecule has 0 atom stereocenters. The van der Waals surface area contributed by atoms with Crippen molar-refractivity contribution in [2.24, 2.45) is 0 Å². The van der Waals surface area contributed by atoms with Gasteiger partial charge in [-0.2, -0.15) is 0 Å². The van der Waals surface area contributed by atoms with Crippen LogP contribution in [0, 0.1) is 24.0 Å². The minimum Gasteiger partial charge on any atom is -0.454 e. The van der Waals surface area contributed by atoms with Crippen LogP contribution in [0.5, 0.6) is 0 Å². The molecule has 0 N–H and O–H groups in total. The second kappa shape index (κ2) is 8.83. The van der Waals surface area contributed by atoms with Crippen LogP contribution in [0.2, 0.25) is 0 Å². The Morgan fingerprint density at radius 2 is 1.97 bits per heavy atom. The number of carbonyl (C=O) groups excluding carboxylic acids is 2. The number of non-ortho nitro benzene ring substituents is 1. The highest BCUT2D eigenvalue weighted by Gasteiger charge is 2.19. The molecule has 2 heterocycles. The van der Waals surface area contributed by atoms with Crippen molar-refractivity contribution in [3.05, 3.63) is 85.4 Å². The van der Waals surface area contributed by atoms with Gasteiger partial charge in [0.15, 0.2) is 6.61 Å². The summed E-state index contributed by atoms with van der Waals surface area (Å²) in [4.78, 5) is 36.2. The van der Waals surface area contributed by atoms with Gasteiger partial charge in [0.25, 0.3) is 5.69 Å². The summed E-state index contributed by atoms with van der Waals surface area (Å²) < 4.78 is 7.16. The molecule has 1 aromatic carbocycles. The van der Waals surface area contributed by atoms with Gasteiger partial charge in [0.2, 0.25) is 5.78 Å². The number of hydrogen-bond donors (Lipinski definition) is 0. The molecule has 7 nitrogen and oxygen atoms in total. The normalized spacial score (nSPS) is 10.7. The number of benzene rings is 1. The van der Waals surface area contributed by atoms with E-state index in [1.54, 1.807) is 17.4 Å². The highest BCUT2D eigenvalue weighted by Crippen LogP contribution is 2.19. The third kappa shape index (κ3) is 4.78. The van der Waals surface area contributed by atoms with Gasteiger partial charge in [-0.1, -0.05) is 12.1 Å². The van der Waals surface area contributed by atoms with E-state index in [4.69, 9.17) is 4.74 Å². The van der Waals surface area contributed by atoms with Crippen molar-refractivity contribution in [1.29, 1.82) is 0 Å². The molecule has 3 rings (SSSR count). The Balaban J connectivity index is 1.65. The van der Waals surface area contributed by atoms with Gasteiger partial charge in [-0.3, -0.25) is 14.9 Å². The smallest absolute Gasteiger partial charge is 0.338 e. The number of nitro groups is 1. The van der Waals surface area contributed by atoms with Crippen molar-refractivity contribution in [3.8, 4) is 0 Å². The van der Waals surface area contributed by atoms with Crippen molar-refractivity contribution in [2.45, 2.75) is 26.8 Å². The fourth-order valence-corrected chi connectivity index (χ4v) is 3.84. The van der Waals surface area contributed by atoms with E-state index in [1.165, 1.54) is 23.1 Å². The molecule has 0 aliphatic rings. The Labute approximate surface area is 171 Å². The summed E-state index contributed by atoms with van der Waals surface area (Å²) in [6, 6.07) is 11.1. The van der Waals surface area contributed by atoms with Gasteiger partial charge in [-0.05, 0) is 43.8 Å². The minimum atomic E-state index is -0.770. The number of rotatable bonds is 8. The number of Topliss-reactive ketones (excluding diaryl/α,β-unsaturated/α-hetero) is 1. The van der Waals surface area contributed by atoms with E-state index in [0.717, 1.165) is 30.4 Å². The van der Waals surface area contributed by atoms with Crippen LogP contribution in [-0.4, -0.2) is 27.8 Å². The number of esters is 1. The topological polar surface area (TPSA) is 91.4 Å². The van der Waals surface area contributed by atoms with E-state index in [9.17, 15) is 19.7 Å². The van der Waals surface area contributed by atoms with Crippen molar-refractivity contribution in [1.82, 2.24) is 4.57 Å². The summed E-state index contributed by atoms with van der Waals surface area (Å²) in [7, 11) is 0. The summed E-state index contributed by atoms with van der Waals surface area (Å²) in [5.74, 6) is -1.08. The quantitative estimate of drug-likeness (QED) is 0.237. The van der Waals surface area contributed by atoms with Crippen LogP contribution in [-0.2, 0) is 17.7 Å². The van der Waals surface area contributed by atoms with Crippen LogP contribution in [0.25, 0.3) is 0 Å². The van der Waals surface area contributed by atoms with E-state index in [1.807, 2.05) is 25.3 Å². The van der Waals surface area contributed by atoms with Crippen LogP contribution in [0.3, 0.4) is 0 Å². The first-order valence-electron chi connectivity index (χ1n) is 9.00. The van der Waals surface area contributed by atoms with Crippen LogP contribution in [0.1, 0.15) is 37.0 Å². The molecule has 3 aromatic rings. The number of hydrogen-bond acceptors (Lipinski definition) is 6. The molecular formula is C21H20N2O5S. The molecule has 150 valence electrons. The molecule has 0 aliphatic carbocycles. The molecule has 0 bridgehead atoms. The summed E-state index contributed by atoms with van der Waals surface area (Å²) >= 11 is 1.70. The molecule has 0 saturated heterocycles. The SMILES string of the molecule is Cc1cc(C(=O)COC(=O)c2cccc([N+](=O)[O-])c2)c(C)n1CCc1cccs1. The highest BCUT2D eigenvalue weighted by atomic mass is 32.1. The van der Waals surface area contributed by atoms with E-state index in [0.29, 0.717) is 5.56 Å². The van der Waals surface area contributed by atoms with Crippen molar-refractivity contribution >= 4 is 28.8 Å². The fraction of sp³-hybridized carbons (Fsp3) is 0.238. The van der Waals surface area contributed by atoms with Crippen LogP contribution >= 0.6 is 11.3 Å². The first-order valence-corrected chi connectivity index (χ1v) is 9.88. The maximum atomic E-state index is 12.6. The molecule has 29 heavy (non-hydrogen) atoms. The van der Waals surface area contributed by atoms with Crippen LogP contribution in [0.15, 0.2) is 47.8 Å². The molecule has 8 heteroatoms. The van der Waals surface area contributed by atoms with E-state index in [2.05, 4.69) is 10.6 Å². The molecule has 0 amide bonds. The van der Waals surface area contributed by atoms with Crippen molar-refractivity contribution < 1.29 is 19.2 Å². The standard InChI is InChI=1S/C21H20N2O5S/c1-14-11-19(15(2)22(14)9-8-18-7-4-10-29-18)20(24)13-28-21(25)16-5-3-6-17(12-16)23(26)27/h3-7,10-12H,8-9,13H2,1-2H3. The van der Waals surface area contributed by atoms with Gasteiger partial charge >= 0.3 is 5.97 Å². The Morgan fingerprint density at radius 1 is 1.17 bits per heavy atom. The molecule has 0 fully saturated rings. The third-order valence-electron chi connectivity index (χ3n) is 4.66. The first kappa shape index (κ1) is 20.5. The lowest BCUT2D eigenvalue weighted by molar-refractivity contribution is -0.384. The van der Waals surface area contributed by atoms with Gasteiger partial charge in [-0.25, -0.2) is 4.79 Å². The maximum absolute atomic E-state index is 12.6. The zero-order valence-corrected chi connectivity index (χ0v) is 16.9. The second-order valence-electron chi connectivity index (χ2n) is 6.57. The summed E-state index contributed by atoms with van der Waals surface area (Å²) in [5.41, 5.74) is 2.14. The second-order valence-corrected chi connectivity index (χ2v) is 7.60. The monoisotopic (exact) mass is 412 g/mol. The Kier molecular flexibility index (Phi) is 6.23. The molecule has 0 aliphatic heterocycles. The number of thiophene rings is 1. The molecule has 2 aromatic heterocycles. The Hall–Kier alpha value is -3.26. The van der Waals surface area contributed by atoms with Gasteiger partial charge in [0.1, 0.15) is 0 Å². The summed E-state index contributed by atoms with van der Waals surface area (Å²) in [6.07, 6.45) is 0.878. The number of nitrogens with zero attached hydrogens (tertiary/aromatic N) is 2. The maximum Gasteiger partial charge on any atom is 0.338 e. The molecular weight excluding hydrogens is 392 g/mol. The number of ether oxygens (including phenoxy) is 1. The molecule has 0 saturated carbocycles. The zero-order valence-electron chi connectivity index (χ0n) is 16.1. The highest BCUT2D eigenvalue weighted by molar-refractivity contribution is 7.09. The number of nitro benzene ring substituents is 1. The van der Waals surface area contributed by atoms with Crippen LogP contribution in [0.4, 0.5) is 5.69 Å². The Morgan fingerprint density at radius 3 is 2.66 bits per heavy atom. The van der Waals surface area contributed by atoms with Crippen molar-refractivity contribution in [3.63, 3.8) is 0 Å². The lowest BCUT2D eigenvalue weighted by Gasteiger charge is -2.09. The summed E-state index contributed by atoms with van der Waals surface area (Å²) in [5, 5.41) is 12.9. The lowest BCUT2D eigenvalue weighted by atomic mass is 10.1. The Bertz CT molecular complexity index is 1050. The van der Waals surface area contributed by atoms with Crippen LogP contribution < -0.4 is 0 Å². The number of aromatic nitrogens is 1. The molecule has 0 unspecified atom stereocenters. The average molecular weight is 412 g/mol. The third-order valence-corrected chi connectivity index (χ3v) is 5.60. The van der Waals surface area contributed by atoms with E-state index >= 15 is 0 Å². The van der Waals surface area contributed by atoms with Crippen molar-refractivity contribution in [2.75, 3.05) is 6.61 Å². The summed E-state index contributed by atoms with van der Waals surface area (Å²) in [6.45, 7) is 4.15. The predicted molar refractivity (Wildman–Crippen MR) is 110 cm³/mol. The largest absolute Gasteiger partial charge is 0.454 e. The van der Waals surface area contributed by atoms with Gasteiger partial charge in [-0.15, -0.1) is 11.3 Å². The number of carbonyl (C=O) groups is 2. The lowest BCUT2D eigenvalue weighted by Crippen LogP contribution is -2.15. The van der Waals surface area contributed by atoms with Gasteiger partial charge < -0.3 is 9.30 Å². The zero-order chi connectivity index (χ0) is 21.0. The minimum absolute atomic E-state index is 0.0356. The molecule has 0 spiro atoms. The van der Waals surface area contributed by atoms with E-state index < -0.39 is 17.5 Å². The number of ketones is 1. The number of aryl methyl sites for hydroxylation is 2. The predicted octanol–water partition coefficient (Wildman–Crippen LogP) is 4.36. The first-order chi connectivity index (χ1) is 13.9. The average Bonchev–Trinajstić information content (AvgIpc) is 3.32. The van der Waals surface area contributed by atoms with Gasteiger partial charge in [0, 0.05) is 40.5 Å². The fourth-order valence-electron chi connectivity index (χ4n) is 3.14. The van der Waals surface area contributed by atoms with E-state index in [-0.39, 0.29) is 17.0 Å². The molecule has 0 radical (unpaired) electrons. The van der Waals surface area contributed by atoms with Gasteiger partial charge in [0.05, 0.1) is 10.5 Å².